The molecule has 0 aliphatic carbocycles. The van der Waals surface area contributed by atoms with E-state index in [2.05, 4.69) is 52.5 Å². The number of aliphatic imine (C=N–C) groups is 1. The van der Waals surface area contributed by atoms with Crippen LogP contribution in [0.5, 0.6) is 5.75 Å². The van der Waals surface area contributed by atoms with Gasteiger partial charge in [0.15, 0.2) is 0 Å². The number of amides is 2. The molecular weight excluding hydrogens is 532 g/mol. The minimum Gasteiger partial charge on any atom is -0.497 e. The van der Waals surface area contributed by atoms with Crippen molar-refractivity contribution in [3.8, 4) is 5.75 Å². The number of hydrogen-bond acceptors (Lipinski definition) is 6. The molecule has 41 heavy (non-hydrogen) atoms. The number of amidine groups is 1. The molecule has 0 atom stereocenters. The molecule has 0 N–H and O–H groups in total. The first-order valence-corrected chi connectivity index (χ1v) is 14.9. The van der Waals surface area contributed by atoms with Crippen molar-refractivity contribution in [2.75, 3.05) is 18.6 Å². The number of methoxy groups -OCH3 is 1. The van der Waals surface area contributed by atoms with Crippen molar-refractivity contribution in [1.82, 2.24) is 5.01 Å². The predicted molar refractivity (Wildman–Crippen MR) is 167 cm³/mol. The molecule has 0 bridgehead atoms. The molecule has 0 aromatic heterocycles. The zero-order chi connectivity index (χ0) is 29.0. The van der Waals surface area contributed by atoms with Gasteiger partial charge in [-0.2, -0.15) is 10.1 Å². The molecule has 0 saturated heterocycles. The summed E-state index contributed by atoms with van der Waals surface area (Å²) in [5.74, 6) is 1.46. The molecule has 2 aliphatic heterocycles. The molecule has 0 fully saturated rings. The zero-order valence-electron chi connectivity index (χ0n) is 24.1. The fourth-order valence-electron chi connectivity index (χ4n) is 5.24. The third kappa shape index (κ3) is 6.22. The van der Waals surface area contributed by atoms with E-state index in [0.29, 0.717) is 19.4 Å². The van der Waals surface area contributed by atoms with Gasteiger partial charge in [0.1, 0.15) is 11.6 Å². The molecule has 212 valence electrons. The summed E-state index contributed by atoms with van der Waals surface area (Å²) in [7, 11) is 1.67. The zero-order valence-corrected chi connectivity index (χ0v) is 24.9. The maximum absolute atomic E-state index is 12.7. The average Bonchev–Trinajstić information content (AvgIpc) is 2.97. The van der Waals surface area contributed by atoms with Gasteiger partial charge in [0.2, 0.25) is 0 Å². The maximum atomic E-state index is 12.7. The Balaban J connectivity index is 1.53. The SMILES string of the molecule is CCCC(=O)N1N=C(c2ccc3c(c2)CCCN3/C(=N\Cc2ccccc2)c2ccc(OC)cc2)C(C)(C)SC1=O. The summed E-state index contributed by atoms with van der Waals surface area (Å²) in [5.41, 5.74) is 6.15. The number of nitrogens with zero attached hydrogens (tertiary/aromatic N) is 4. The van der Waals surface area contributed by atoms with Crippen LogP contribution < -0.4 is 9.64 Å². The van der Waals surface area contributed by atoms with Crippen molar-refractivity contribution in [2.24, 2.45) is 10.1 Å². The number of aryl methyl sites for hydroxylation is 1. The average molecular weight is 569 g/mol. The number of carbonyl (C=O) groups is 2. The van der Waals surface area contributed by atoms with E-state index in [4.69, 9.17) is 9.73 Å². The van der Waals surface area contributed by atoms with E-state index in [-0.39, 0.29) is 11.1 Å². The number of carbonyl (C=O) groups excluding carboxylic acids is 2. The maximum Gasteiger partial charge on any atom is 0.309 e. The Morgan fingerprint density at radius 1 is 1.07 bits per heavy atom. The molecular formula is C33H36N4O3S. The molecule has 0 unspecified atom stereocenters. The normalized spacial score (nSPS) is 16.7. The summed E-state index contributed by atoms with van der Waals surface area (Å²) in [6.45, 7) is 7.32. The van der Waals surface area contributed by atoms with E-state index in [0.717, 1.165) is 75.8 Å². The number of anilines is 1. The third-order valence-corrected chi connectivity index (χ3v) is 8.37. The van der Waals surface area contributed by atoms with Crippen LogP contribution in [0.15, 0.2) is 82.9 Å². The smallest absolute Gasteiger partial charge is 0.309 e. The Bertz CT molecular complexity index is 1480. The van der Waals surface area contributed by atoms with E-state index in [9.17, 15) is 9.59 Å². The van der Waals surface area contributed by atoms with Crippen LogP contribution in [0.2, 0.25) is 0 Å². The fourth-order valence-corrected chi connectivity index (χ4v) is 6.16. The Labute approximate surface area is 246 Å². The first-order valence-electron chi connectivity index (χ1n) is 14.1. The van der Waals surface area contributed by atoms with Crippen molar-refractivity contribution in [2.45, 2.75) is 57.7 Å². The van der Waals surface area contributed by atoms with Gasteiger partial charge >= 0.3 is 5.24 Å². The monoisotopic (exact) mass is 568 g/mol. The van der Waals surface area contributed by atoms with Crippen LogP contribution in [-0.2, 0) is 17.8 Å². The first-order chi connectivity index (χ1) is 19.8. The van der Waals surface area contributed by atoms with E-state index in [1.165, 1.54) is 5.56 Å². The van der Waals surface area contributed by atoms with Gasteiger partial charge in [0.25, 0.3) is 5.91 Å². The number of benzene rings is 3. The lowest BCUT2D eigenvalue weighted by Crippen LogP contribution is -2.43. The summed E-state index contributed by atoms with van der Waals surface area (Å²) in [5, 5.41) is 5.35. The molecule has 3 aromatic carbocycles. The van der Waals surface area contributed by atoms with Crippen LogP contribution in [-0.4, -0.2) is 46.1 Å². The quantitative estimate of drug-likeness (QED) is 0.225. The Hall–Kier alpha value is -3.91. The van der Waals surface area contributed by atoms with Gasteiger partial charge < -0.3 is 9.64 Å². The molecule has 3 aromatic rings. The summed E-state index contributed by atoms with van der Waals surface area (Å²) in [6, 6.07) is 24.7. The first kappa shape index (κ1) is 28.6. The molecule has 0 radical (unpaired) electrons. The van der Waals surface area contributed by atoms with Gasteiger partial charge in [-0.25, -0.2) is 0 Å². The van der Waals surface area contributed by atoms with Crippen LogP contribution in [0.25, 0.3) is 0 Å². The number of ether oxygens (including phenoxy) is 1. The molecule has 8 heteroatoms. The highest BCUT2D eigenvalue weighted by Crippen LogP contribution is 2.38. The van der Waals surface area contributed by atoms with Crippen molar-refractivity contribution < 1.29 is 14.3 Å². The van der Waals surface area contributed by atoms with Crippen molar-refractivity contribution in [1.29, 1.82) is 0 Å². The van der Waals surface area contributed by atoms with Crippen LogP contribution in [0.1, 0.15) is 62.3 Å². The second-order valence-corrected chi connectivity index (χ2v) is 12.3. The number of imide groups is 1. The third-order valence-electron chi connectivity index (χ3n) is 7.32. The summed E-state index contributed by atoms with van der Waals surface area (Å²) >= 11 is 1.15. The number of fused-ring (bicyclic) bond motifs is 1. The van der Waals surface area contributed by atoms with E-state index in [1.54, 1.807) is 7.11 Å². The fraction of sp³-hybridized carbons (Fsp3) is 0.333. The van der Waals surface area contributed by atoms with E-state index in [1.807, 2.05) is 51.1 Å². The predicted octanol–water partition coefficient (Wildman–Crippen LogP) is 7.07. The Morgan fingerprint density at radius 2 is 1.83 bits per heavy atom. The Morgan fingerprint density at radius 3 is 2.54 bits per heavy atom. The second kappa shape index (κ2) is 12.3. The van der Waals surface area contributed by atoms with E-state index < -0.39 is 4.75 Å². The van der Waals surface area contributed by atoms with E-state index >= 15 is 0 Å². The molecule has 0 saturated carbocycles. The van der Waals surface area contributed by atoms with Gasteiger partial charge in [-0.1, -0.05) is 43.3 Å². The molecule has 2 aliphatic rings. The molecule has 0 spiro atoms. The van der Waals surface area contributed by atoms with Gasteiger partial charge in [-0.05, 0) is 98.0 Å². The molecule has 2 heterocycles. The lowest BCUT2D eigenvalue weighted by molar-refractivity contribution is -0.127. The minimum atomic E-state index is -0.561. The van der Waals surface area contributed by atoms with Crippen LogP contribution >= 0.6 is 11.8 Å². The number of thioether (sulfide) groups is 1. The Kier molecular flexibility index (Phi) is 8.59. The van der Waals surface area contributed by atoms with Gasteiger partial charge in [-0.15, -0.1) is 0 Å². The van der Waals surface area contributed by atoms with Crippen molar-refractivity contribution in [3.63, 3.8) is 0 Å². The largest absolute Gasteiger partial charge is 0.497 e. The van der Waals surface area contributed by atoms with Gasteiger partial charge in [0, 0.05) is 24.2 Å². The summed E-state index contributed by atoms with van der Waals surface area (Å²) in [6.07, 6.45) is 2.85. The summed E-state index contributed by atoms with van der Waals surface area (Å²) in [4.78, 5) is 32.8. The van der Waals surface area contributed by atoms with Gasteiger partial charge in [-0.3, -0.25) is 14.6 Å². The standard InChI is InChI=1S/C33H36N4O3S/c1-5-10-29(38)37-32(39)41-33(2,3)30(35-37)26-16-19-28-25(21-26)13-9-20-36(28)31(24-14-17-27(40-4)18-15-24)34-22-23-11-7-6-8-12-23/h6-8,11-12,14-19,21H,5,9-10,13,20,22H2,1-4H3/b34-31-. The lowest BCUT2D eigenvalue weighted by Gasteiger charge is -2.35. The van der Waals surface area contributed by atoms with Gasteiger partial charge in [0.05, 0.1) is 24.1 Å². The van der Waals surface area contributed by atoms with Crippen LogP contribution in [0, 0.1) is 0 Å². The van der Waals surface area contributed by atoms with Crippen molar-refractivity contribution in [3.05, 3.63) is 95.1 Å². The highest BCUT2D eigenvalue weighted by Gasteiger charge is 2.40. The van der Waals surface area contributed by atoms with Crippen LogP contribution in [0.3, 0.4) is 0 Å². The minimum absolute atomic E-state index is 0.263. The topological polar surface area (TPSA) is 74.6 Å². The number of hydrogen-bond donors (Lipinski definition) is 0. The molecule has 2 amide bonds. The second-order valence-electron chi connectivity index (χ2n) is 10.7. The van der Waals surface area contributed by atoms with Crippen molar-refractivity contribution >= 4 is 40.1 Å². The highest BCUT2D eigenvalue weighted by atomic mass is 32.2. The molecule has 7 nitrogen and oxygen atoms in total. The molecule has 5 rings (SSSR count). The highest BCUT2D eigenvalue weighted by molar-refractivity contribution is 8.15. The number of rotatable bonds is 7. The van der Waals surface area contributed by atoms with Crippen LogP contribution in [0.4, 0.5) is 10.5 Å². The lowest BCUT2D eigenvalue weighted by atomic mass is 9.93. The summed E-state index contributed by atoms with van der Waals surface area (Å²) < 4.78 is 4.84. The number of hydrazone groups is 1.